The summed E-state index contributed by atoms with van der Waals surface area (Å²) in [5, 5.41) is 0. The van der Waals surface area contributed by atoms with E-state index in [0.29, 0.717) is 11.3 Å². The monoisotopic (exact) mass is 428 g/mol. The molecular weight excluding hydrogens is 398 g/mol. The smallest absolute Gasteiger partial charge is 0.338 e. The average Bonchev–Trinajstić information content (AvgIpc) is 3.42. The summed E-state index contributed by atoms with van der Waals surface area (Å²) in [5.74, 6) is -0.550. The van der Waals surface area contributed by atoms with Crippen LogP contribution in [0.5, 0.6) is 0 Å². The molecule has 31 heavy (non-hydrogen) atoms. The molecule has 3 aliphatic heterocycles. The van der Waals surface area contributed by atoms with E-state index in [1.807, 2.05) is 4.90 Å². The number of nitrogens with zero attached hydrogens (tertiary/aromatic N) is 2. The maximum atomic E-state index is 13.1. The molecule has 3 aliphatic rings. The minimum absolute atomic E-state index is 0.0422. The van der Waals surface area contributed by atoms with Gasteiger partial charge in [-0.05, 0) is 44.0 Å². The first-order valence-corrected chi connectivity index (χ1v) is 11.3. The van der Waals surface area contributed by atoms with E-state index in [1.54, 1.807) is 31.2 Å². The van der Waals surface area contributed by atoms with Gasteiger partial charge in [-0.3, -0.25) is 14.4 Å². The van der Waals surface area contributed by atoms with Crippen LogP contribution in [0, 0.1) is 5.92 Å². The highest BCUT2D eigenvalue weighted by Crippen LogP contribution is 2.24. The Balaban J connectivity index is 1.37. The summed E-state index contributed by atoms with van der Waals surface area (Å²) in [7, 11) is 0. The highest BCUT2D eigenvalue weighted by Gasteiger charge is 2.47. The molecule has 0 aliphatic carbocycles. The zero-order valence-corrected chi connectivity index (χ0v) is 18.0. The number of benzene rings is 1. The number of hydrogen-bond donors (Lipinski definition) is 1. The van der Waals surface area contributed by atoms with Crippen molar-refractivity contribution in [2.45, 2.75) is 45.1 Å². The molecule has 3 fully saturated rings. The second kappa shape index (κ2) is 9.18. The summed E-state index contributed by atoms with van der Waals surface area (Å²) < 4.78 is 4.97. The van der Waals surface area contributed by atoms with Crippen LogP contribution in [0.15, 0.2) is 24.3 Å². The second-order valence-electron chi connectivity index (χ2n) is 8.56. The Labute approximate surface area is 182 Å². The summed E-state index contributed by atoms with van der Waals surface area (Å²) in [5.41, 5.74) is 0.862. The second-order valence-corrected chi connectivity index (χ2v) is 8.56. The molecule has 0 spiro atoms. The maximum absolute atomic E-state index is 13.1. The molecule has 0 unspecified atom stereocenters. The summed E-state index contributed by atoms with van der Waals surface area (Å²) in [6.45, 7) is 5.21. The molecule has 0 saturated carbocycles. The van der Waals surface area contributed by atoms with Crippen LogP contribution in [0.4, 0.5) is 5.69 Å². The van der Waals surface area contributed by atoms with E-state index in [9.17, 15) is 19.2 Å². The minimum atomic E-state index is -0.429. The summed E-state index contributed by atoms with van der Waals surface area (Å²) >= 11 is 0. The van der Waals surface area contributed by atoms with E-state index in [-0.39, 0.29) is 36.7 Å². The van der Waals surface area contributed by atoms with Crippen LogP contribution in [0.3, 0.4) is 0 Å². The molecule has 0 aromatic heterocycles. The first kappa shape index (κ1) is 21.5. The van der Waals surface area contributed by atoms with E-state index in [4.69, 9.17) is 4.74 Å². The van der Waals surface area contributed by atoms with Gasteiger partial charge in [0.2, 0.25) is 11.8 Å². The molecule has 4 rings (SSSR count). The van der Waals surface area contributed by atoms with Gasteiger partial charge in [-0.25, -0.2) is 9.69 Å². The lowest BCUT2D eigenvalue weighted by Gasteiger charge is -2.33. The van der Waals surface area contributed by atoms with Gasteiger partial charge in [0.25, 0.3) is 5.91 Å². The molecule has 0 radical (unpaired) electrons. The Hall–Kier alpha value is -2.74. The molecule has 1 aromatic rings. The molecule has 1 N–H and O–H groups in total. The summed E-state index contributed by atoms with van der Waals surface area (Å²) in [6, 6.07) is 5.97. The van der Waals surface area contributed by atoms with E-state index >= 15 is 0 Å². The van der Waals surface area contributed by atoms with E-state index in [0.717, 1.165) is 56.8 Å². The van der Waals surface area contributed by atoms with Crippen molar-refractivity contribution in [2.75, 3.05) is 37.7 Å². The van der Waals surface area contributed by atoms with Gasteiger partial charge in [0.1, 0.15) is 0 Å². The number of ether oxygens (including phenoxy) is 1. The number of amides is 3. The third-order valence-corrected chi connectivity index (χ3v) is 6.67. The van der Waals surface area contributed by atoms with Gasteiger partial charge in [0.15, 0.2) is 6.04 Å². The standard InChI is InChI=1S/C23H29N3O5/c1-2-31-23(30)17-5-7-18(8-6-17)26-20(27)15-19(22(26)29)24-13-9-16(10-14-24)21(28)25-11-3-4-12-25/h5-8,16,19H,2-4,9-15H2,1H3/p+1/t19-/m0/s1. The van der Waals surface area contributed by atoms with Gasteiger partial charge in [-0.2, -0.15) is 0 Å². The number of piperidine rings is 1. The van der Waals surface area contributed by atoms with Crippen molar-refractivity contribution < 1.29 is 28.8 Å². The van der Waals surface area contributed by atoms with E-state index in [1.165, 1.54) is 4.90 Å². The topological polar surface area (TPSA) is 88.4 Å². The molecule has 0 bridgehead atoms. The van der Waals surface area contributed by atoms with Crippen LogP contribution in [-0.4, -0.2) is 67.4 Å². The number of anilines is 1. The van der Waals surface area contributed by atoms with Gasteiger partial charge in [0, 0.05) is 31.8 Å². The van der Waals surface area contributed by atoms with Crippen LogP contribution in [0.1, 0.15) is 49.4 Å². The Bertz CT molecular complexity index is 854. The molecule has 3 heterocycles. The Morgan fingerprint density at radius 3 is 2.32 bits per heavy atom. The summed E-state index contributed by atoms with van der Waals surface area (Å²) in [4.78, 5) is 54.5. The number of carbonyl (C=O) groups excluding carboxylic acids is 4. The third kappa shape index (κ3) is 4.35. The van der Waals surface area contributed by atoms with Gasteiger partial charge in [-0.15, -0.1) is 0 Å². The van der Waals surface area contributed by atoms with Crippen molar-refractivity contribution >= 4 is 29.4 Å². The zero-order valence-electron chi connectivity index (χ0n) is 18.0. The number of quaternary nitrogens is 1. The number of nitrogens with one attached hydrogen (secondary N) is 1. The van der Waals surface area contributed by atoms with E-state index in [2.05, 4.69) is 0 Å². The van der Waals surface area contributed by atoms with Crippen molar-refractivity contribution in [3.63, 3.8) is 0 Å². The molecule has 8 heteroatoms. The number of rotatable bonds is 5. The fourth-order valence-electron chi connectivity index (χ4n) is 4.96. The highest BCUT2D eigenvalue weighted by atomic mass is 16.5. The minimum Gasteiger partial charge on any atom is -0.462 e. The first-order valence-electron chi connectivity index (χ1n) is 11.3. The zero-order chi connectivity index (χ0) is 22.0. The van der Waals surface area contributed by atoms with Crippen molar-refractivity contribution in [3.05, 3.63) is 29.8 Å². The largest absolute Gasteiger partial charge is 0.462 e. The fraction of sp³-hybridized carbons (Fsp3) is 0.565. The maximum Gasteiger partial charge on any atom is 0.338 e. The molecule has 1 atom stereocenters. The van der Waals surface area contributed by atoms with Crippen LogP contribution >= 0.6 is 0 Å². The number of likely N-dealkylation sites (tertiary alicyclic amines) is 2. The lowest BCUT2D eigenvalue weighted by molar-refractivity contribution is -0.920. The Kier molecular flexibility index (Phi) is 6.36. The van der Waals surface area contributed by atoms with Gasteiger partial charge < -0.3 is 14.5 Å². The number of hydrogen-bond acceptors (Lipinski definition) is 5. The Morgan fingerprint density at radius 2 is 1.71 bits per heavy atom. The van der Waals surface area contributed by atoms with Crippen LogP contribution in [0.2, 0.25) is 0 Å². The van der Waals surface area contributed by atoms with Gasteiger partial charge >= 0.3 is 5.97 Å². The third-order valence-electron chi connectivity index (χ3n) is 6.67. The van der Waals surface area contributed by atoms with Crippen molar-refractivity contribution in [2.24, 2.45) is 5.92 Å². The molecular formula is C23H30N3O5+. The fourth-order valence-corrected chi connectivity index (χ4v) is 4.96. The lowest BCUT2D eigenvalue weighted by Crippen LogP contribution is -3.17. The predicted molar refractivity (Wildman–Crippen MR) is 113 cm³/mol. The van der Waals surface area contributed by atoms with Gasteiger partial charge in [0.05, 0.1) is 37.4 Å². The van der Waals surface area contributed by atoms with Crippen molar-refractivity contribution in [1.82, 2.24) is 4.90 Å². The predicted octanol–water partition coefficient (Wildman–Crippen LogP) is 0.413. The van der Waals surface area contributed by atoms with Gasteiger partial charge in [-0.1, -0.05) is 0 Å². The molecule has 3 saturated heterocycles. The van der Waals surface area contributed by atoms with Crippen molar-refractivity contribution in [1.29, 1.82) is 0 Å². The first-order chi connectivity index (χ1) is 15.0. The van der Waals surface area contributed by atoms with Crippen LogP contribution < -0.4 is 9.80 Å². The molecule has 166 valence electrons. The van der Waals surface area contributed by atoms with Crippen LogP contribution in [0.25, 0.3) is 0 Å². The average molecular weight is 429 g/mol. The van der Waals surface area contributed by atoms with Crippen LogP contribution in [-0.2, 0) is 19.1 Å². The summed E-state index contributed by atoms with van der Waals surface area (Å²) in [6.07, 6.45) is 3.88. The molecule has 1 aromatic carbocycles. The van der Waals surface area contributed by atoms with E-state index < -0.39 is 12.0 Å². The SMILES string of the molecule is CCOC(=O)c1ccc(N2C(=O)C[C@H]([NH+]3CCC(C(=O)N4CCCC4)CC3)C2=O)cc1. The lowest BCUT2D eigenvalue weighted by atomic mass is 9.94. The highest BCUT2D eigenvalue weighted by molar-refractivity contribution is 6.22. The number of carbonyl (C=O) groups is 4. The molecule has 3 amide bonds. The molecule has 8 nitrogen and oxygen atoms in total. The number of imide groups is 1. The Morgan fingerprint density at radius 1 is 1.06 bits per heavy atom. The van der Waals surface area contributed by atoms with Crippen molar-refractivity contribution in [3.8, 4) is 0 Å². The quantitative estimate of drug-likeness (QED) is 0.542. The normalized spacial score (nSPS) is 26.4. The number of esters is 1.